The van der Waals surface area contributed by atoms with E-state index in [2.05, 4.69) is 5.32 Å². The van der Waals surface area contributed by atoms with Crippen molar-refractivity contribution in [3.05, 3.63) is 28.8 Å². The molecule has 1 aromatic rings. The van der Waals surface area contributed by atoms with E-state index in [4.69, 9.17) is 9.73 Å². The second kappa shape index (κ2) is 12.6. The fourth-order valence-corrected chi connectivity index (χ4v) is 7.99. The zero-order valence-electron chi connectivity index (χ0n) is 26.5. The van der Waals surface area contributed by atoms with Gasteiger partial charge in [0.1, 0.15) is 17.0 Å². The predicted octanol–water partition coefficient (Wildman–Crippen LogP) is 5.67. The summed E-state index contributed by atoms with van der Waals surface area (Å²) >= 11 is 0. The molecule has 2 heterocycles. The number of nitrogens with one attached hydrogen (secondary N) is 1. The molecule has 2 aliphatic heterocycles. The van der Waals surface area contributed by atoms with Crippen molar-refractivity contribution in [2.45, 2.75) is 103 Å². The molecule has 0 radical (unpaired) electrons. The molecule has 3 aliphatic rings. The minimum absolute atomic E-state index is 0.0774. The SMILES string of the molecule is Cc1cc(N(C)C(=O)OC(C)(C)C)cc(C)c1CCS(=O)(=O)N1CCC2(CC1)N=C(C1CCC(CC(F)(F)F)CC1)NC2=O. The average molecular weight is 643 g/mol. The van der Waals surface area contributed by atoms with E-state index in [0.29, 0.717) is 43.6 Å². The third-order valence-corrected chi connectivity index (χ3v) is 10.9. The number of sulfonamides is 1. The number of carbonyl (C=O) groups excluding carboxylic acids is 2. The molecule has 1 N–H and O–H groups in total. The van der Waals surface area contributed by atoms with Crippen molar-refractivity contribution in [3.8, 4) is 0 Å². The summed E-state index contributed by atoms with van der Waals surface area (Å²) in [4.78, 5) is 31.7. The summed E-state index contributed by atoms with van der Waals surface area (Å²) in [6, 6.07) is 3.70. The molecule has 0 aromatic heterocycles. The molecule has 1 saturated carbocycles. The Morgan fingerprint density at radius 1 is 1.09 bits per heavy atom. The van der Waals surface area contributed by atoms with Crippen LogP contribution in [0.15, 0.2) is 17.1 Å². The van der Waals surface area contributed by atoms with Crippen LogP contribution < -0.4 is 10.2 Å². The number of amides is 2. The molecule has 44 heavy (non-hydrogen) atoms. The number of hydrogen-bond donors (Lipinski definition) is 1. The number of aryl methyl sites for hydroxylation is 2. The van der Waals surface area contributed by atoms with E-state index < -0.39 is 45.8 Å². The van der Waals surface area contributed by atoms with Crippen molar-refractivity contribution in [3.63, 3.8) is 0 Å². The van der Waals surface area contributed by atoms with Gasteiger partial charge < -0.3 is 10.1 Å². The van der Waals surface area contributed by atoms with Crippen molar-refractivity contribution in [2.24, 2.45) is 16.8 Å². The van der Waals surface area contributed by atoms with Crippen molar-refractivity contribution in [1.29, 1.82) is 0 Å². The van der Waals surface area contributed by atoms with Crippen LogP contribution in [-0.2, 0) is 26.0 Å². The highest BCUT2D eigenvalue weighted by Gasteiger charge is 2.48. The number of aliphatic imine (C=N–C) groups is 1. The van der Waals surface area contributed by atoms with Gasteiger partial charge in [0.2, 0.25) is 10.0 Å². The molecule has 13 heteroatoms. The molecule has 2 amide bonds. The van der Waals surface area contributed by atoms with Crippen LogP contribution in [-0.4, -0.2) is 73.8 Å². The summed E-state index contributed by atoms with van der Waals surface area (Å²) in [6.07, 6.45) is -2.61. The molecule has 4 rings (SSSR count). The van der Waals surface area contributed by atoms with Crippen LogP contribution in [0.25, 0.3) is 0 Å². The van der Waals surface area contributed by atoms with Crippen LogP contribution in [0, 0.1) is 25.7 Å². The molecule has 0 unspecified atom stereocenters. The largest absolute Gasteiger partial charge is 0.443 e. The molecule has 1 spiro atoms. The predicted molar refractivity (Wildman–Crippen MR) is 163 cm³/mol. The van der Waals surface area contributed by atoms with Crippen LogP contribution in [0.3, 0.4) is 0 Å². The number of nitrogens with zero attached hydrogens (tertiary/aromatic N) is 3. The Bertz CT molecular complexity index is 1360. The number of anilines is 1. The summed E-state index contributed by atoms with van der Waals surface area (Å²) in [7, 11) is -1.98. The minimum Gasteiger partial charge on any atom is -0.443 e. The molecule has 0 atom stereocenters. The molecule has 1 aromatic carbocycles. The van der Waals surface area contributed by atoms with Gasteiger partial charge in [0.15, 0.2) is 0 Å². The Kier molecular flexibility index (Phi) is 9.81. The fourth-order valence-electron chi connectivity index (χ4n) is 6.53. The van der Waals surface area contributed by atoms with Gasteiger partial charge >= 0.3 is 12.3 Å². The standard InChI is InChI=1S/C31H45F3N4O5S/c1-20-17-24(37(6)28(40)43-29(3,4)5)18-21(2)25(20)11-16-44(41,42)38-14-12-30(13-15-38)27(39)35-26(36-30)23-9-7-22(8-10-23)19-31(32,33)34/h17-18,22-23H,7-16,19H2,1-6H3,(H,35,36,39). The second-order valence-corrected chi connectivity index (χ2v) is 15.7. The first-order chi connectivity index (χ1) is 20.3. The molecule has 0 bridgehead atoms. The molecular weight excluding hydrogens is 597 g/mol. The summed E-state index contributed by atoms with van der Waals surface area (Å²) in [6.45, 7) is 9.52. The average Bonchev–Trinajstić information content (AvgIpc) is 3.21. The van der Waals surface area contributed by atoms with E-state index in [1.54, 1.807) is 27.8 Å². The number of carbonyl (C=O) groups is 2. The minimum atomic E-state index is -4.17. The zero-order valence-corrected chi connectivity index (χ0v) is 27.3. The van der Waals surface area contributed by atoms with Crippen molar-refractivity contribution < 1.29 is 35.9 Å². The van der Waals surface area contributed by atoms with Gasteiger partial charge in [-0.2, -0.15) is 13.2 Å². The maximum absolute atomic E-state index is 13.3. The van der Waals surface area contributed by atoms with Crippen LogP contribution >= 0.6 is 0 Å². The fraction of sp³-hybridized carbons (Fsp3) is 0.710. The molecule has 1 saturated heterocycles. The van der Waals surface area contributed by atoms with Gasteiger partial charge in [-0.15, -0.1) is 0 Å². The molecule has 246 valence electrons. The van der Waals surface area contributed by atoms with Gasteiger partial charge in [-0.1, -0.05) is 0 Å². The van der Waals surface area contributed by atoms with Gasteiger partial charge in [-0.05, 0) is 114 Å². The van der Waals surface area contributed by atoms with Gasteiger partial charge in [0.25, 0.3) is 5.91 Å². The molecule has 1 aliphatic carbocycles. The van der Waals surface area contributed by atoms with Gasteiger partial charge in [-0.25, -0.2) is 17.5 Å². The first kappa shape index (κ1) is 34.2. The second-order valence-electron chi connectivity index (χ2n) is 13.6. The Balaban J connectivity index is 1.34. The van der Waals surface area contributed by atoms with Crippen molar-refractivity contribution in [1.82, 2.24) is 9.62 Å². The van der Waals surface area contributed by atoms with Gasteiger partial charge in [-0.3, -0.25) is 14.7 Å². The van der Waals surface area contributed by atoms with E-state index in [0.717, 1.165) is 16.7 Å². The Morgan fingerprint density at radius 3 is 2.18 bits per heavy atom. The van der Waals surface area contributed by atoms with E-state index in [-0.39, 0.29) is 43.5 Å². The summed E-state index contributed by atoms with van der Waals surface area (Å²) in [5.74, 6) is -0.264. The van der Waals surface area contributed by atoms with Crippen LogP contribution in [0.1, 0.15) is 82.4 Å². The maximum Gasteiger partial charge on any atom is 0.414 e. The summed E-state index contributed by atoms with van der Waals surface area (Å²) in [5.41, 5.74) is 1.66. The lowest BCUT2D eigenvalue weighted by Crippen LogP contribution is -2.51. The molecular formula is C31H45F3N4O5S. The monoisotopic (exact) mass is 642 g/mol. The first-order valence-electron chi connectivity index (χ1n) is 15.3. The highest BCUT2D eigenvalue weighted by atomic mass is 32.2. The lowest BCUT2D eigenvalue weighted by atomic mass is 9.80. The van der Waals surface area contributed by atoms with E-state index >= 15 is 0 Å². The maximum atomic E-state index is 13.3. The number of ether oxygens (including phenoxy) is 1. The first-order valence-corrected chi connectivity index (χ1v) is 16.9. The van der Waals surface area contributed by atoms with Crippen LogP contribution in [0.2, 0.25) is 0 Å². The number of alkyl halides is 3. The van der Waals surface area contributed by atoms with E-state index in [1.165, 1.54) is 9.21 Å². The lowest BCUT2D eigenvalue weighted by molar-refractivity contribution is -0.146. The lowest BCUT2D eigenvalue weighted by Gasteiger charge is -2.35. The highest BCUT2D eigenvalue weighted by Crippen LogP contribution is 2.39. The molecule has 9 nitrogen and oxygen atoms in total. The number of rotatable bonds is 7. The molecule has 2 fully saturated rings. The third-order valence-electron chi connectivity index (χ3n) is 9.04. The summed E-state index contributed by atoms with van der Waals surface area (Å²) in [5, 5.41) is 2.88. The zero-order chi connectivity index (χ0) is 32.7. The Labute approximate surface area is 258 Å². The smallest absolute Gasteiger partial charge is 0.414 e. The Morgan fingerprint density at radius 2 is 1.66 bits per heavy atom. The third kappa shape index (κ3) is 8.13. The highest BCUT2D eigenvalue weighted by molar-refractivity contribution is 7.89. The van der Waals surface area contributed by atoms with Crippen molar-refractivity contribution in [2.75, 3.05) is 30.8 Å². The number of amidine groups is 1. The number of benzene rings is 1. The number of hydrogen-bond acceptors (Lipinski definition) is 6. The summed E-state index contributed by atoms with van der Waals surface area (Å²) < 4.78 is 71.9. The Hall–Kier alpha value is -2.67. The van der Waals surface area contributed by atoms with Crippen molar-refractivity contribution >= 4 is 33.5 Å². The van der Waals surface area contributed by atoms with E-state index in [9.17, 15) is 31.2 Å². The normalized spacial score (nSPS) is 22.9. The number of halogens is 3. The van der Waals surface area contributed by atoms with E-state index in [1.807, 2.05) is 26.0 Å². The van der Waals surface area contributed by atoms with Gasteiger partial charge in [0.05, 0.1) is 5.75 Å². The van der Waals surface area contributed by atoms with Crippen LogP contribution in [0.4, 0.5) is 23.7 Å². The quantitative estimate of drug-likeness (QED) is 0.413. The van der Waals surface area contributed by atoms with Gasteiger partial charge in [0, 0.05) is 38.2 Å². The number of piperidine rings is 1. The van der Waals surface area contributed by atoms with Crippen LogP contribution in [0.5, 0.6) is 0 Å². The topological polar surface area (TPSA) is 108 Å².